The maximum absolute atomic E-state index is 10.0. The molecule has 0 radical (unpaired) electrons. The van der Waals surface area contributed by atoms with E-state index in [1.807, 2.05) is 42.5 Å². The third kappa shape index (κ3) is 6.57. The van der Waals surface area contributed by atoms with Gasteiger partial charge in [-0.2, -0.15) is 0 Å². The average molecular weight is 411 g/mol. The first kappa shape index (κ1) is 19.6. The van der Waals surface area contributed by atoms with Crippen LogP contribution in [0.1, 0.15) is 5.56 Å². The molecule has 6 heteroatoms. The molecule has 25 heavy (non-hydrogen) atoms. The molecule has 2 aromatic rings. The Kier molecular flexibility index (Phi) is 8.04. The highest BCUT2D eigenvalue weighted by Gasteiger charge is 2.09. The molecule has 0 unspecified atom stereocenters. The second kappa shape index (κ2) is 10.3. The van der Waals surface area contributed by atoms with Crippen molar-refractivity contribution in [2.75, 3.05) is 33.9 Å². The van der Waals surface area contributed by atoms with E-state index in [0.717, 1.165) is 34.7 Å². The fraction of sp³-hybridized carbons (Fsp3) is 0.368. The SMILES string of the molecule is COc1ccc(CC[NH2+]C[C@@H](O)COc2cccc(Br)c2)cc1OC. The van der Waals surface area contributed by atoms with Crippen molar-refractivity contribution in [3.63, 3.8) is 0 Å². The zero-order valence-corrected chi connectivity index (χ0v) is 16.2. The highest BCUT2D eigenvalue weighted by Crippen LogP contribution is 2.27. The van der Waals surface area contributed by atoms with Crippen LogP contribution in [0.5, 0.6) is 17.2 Å². The van der Waals surface area contributed by atoms with Gasteiger partial charge in [-0.15, -0.1) is 0 Å². The van der Waals surface area contributed by atoms with Crippen molar-refractivity contribution in [2.45, 2.75) is 12.5 Å². The van der Waals surface area contributed by atoms with Crippen LogP contribution in [0.15, 0.2) is 46.9 Å². The topological polar surface area (TPSA) is 64.5 Å². The van der Waals surface area contributed by atoms with Gasteiger partial charge in [-0.3, -0.25) is 0 Å². The quantitative estimate of drug-likeness (QED) is 0.588. The maximum Gasteiger partial charge on any atom is 0.160 e. The van der Waals surface area contributed by atoms with Crippen LogP contribution in [0.3, 0.4) is 0 Å². The molecule has 2 aromatic carbocycles. The molecule has 1 atom stereocenters. The lowest BCUT2D eigenvalue weighted by Gasteiger charge is -2.12. The molecule has 0 bridgehead atoms. The molecule has 0 spiro atoms. The lowest BCUT2D eigenvalue weighted by molar-refractivity contribution is -0.660. The molecule has 0 amide bonds. The highest BCUT2D eigenvalue weighted by atomic mass is 79.9. The number of aliphatic hydroxyl groups excluding tert-OH is 1. The maximum atomic E-state index is 10.0. The third-order valence-electron chi connectivity index (χ3n) is 3.76. The molecule has 0 aliphatic rings. The number of hydrogen-bond donors (Lipinski definition) is 2. The molecule has 0 heterocycles. The van der Waals surface area contributed by atoms with Crippen LogP contribution in [-0.4, -0.2) is 45.1 Å². The predicted molar refractivity (Wildman–Crippen MR) is 101 cm³/mol. The van der Waals surface area contributed by atoms with E-state index >= 15 is 0 Å². The Balaban J connectivity index is 1.68. The van der Waals surface area contributed by atoms with E-state index in [1.165, 1.54) is 5.56 Å². The molecule has 0 fully saturated rings. The van der Waals surface area contributed by atoms with Crippen molar-refractivity contribution in [2.24, 2.45) is 0 Å². The number of methoxy groups -OCH3 is 2. The molecular formula is C19H25BrNO4+. The third-order valence-corrected chi connectivity index (χ3v) is 4.26. The van der Waals surface area contributed by atoms with E-state index in [-0.39, 0.29) is 6.61 Å². The van der Waals surface area contributed by atoms with Gasteiger partial charge >= 0.3 is 0 Å². The van der Waals surface area contributed by atoms with Gasteiger partial charge in [0.05, 0.1) is 20.8 Å². The molecule has 5 nitrogen and oxygen atoms in total. The van der Waals surface area contributed by atoms with E-state index in [4.69, 9.17) is 14.2 Å². The Morgan fingerprint density at radius 1 is 1.08 bits per heavy atom. The molecule has 0 saturated heterocycles. The van der Waals surface area contributed by atoms with Crippen molar-refractivity contribution in [1.29, 1.82) is 0 Å². The summed E-state index contributed by atoms with van der Waals surface area (Å²) in [5, 5.41) is 12.1. The molecule has 0 aliphatic heterocycles. The Morgan fingerprint density at radius 2 is 1.88 bits per heavy atom. The minimum atomic E-state index is -0.510. The average Bonchev–Trinajstić information content (AvgIpc) is 2.63. The summed E-state index contributed by atoms with van der Waals surface area (Å²) < 4.78 is 17.1. The monoisotopic (exact) mass is 410 g/mol. The van der Waals surface area contributed by atoms with E-state index in [0.29, 0.717) is 6.54 Å². The first-order valence-corrected chi connectivity index (χ1v) is 9.00. The summed E-state index contributed by atoms with van der Waals surface area (Å²) in [6.07, 6.45) is 0.379. The first-order chi connectivity index (χ1) is 12.1. The standard InChI is InChI=1S/C19H24BrNO4/c1-23-18-7-6-14(10-19(18)24-2)8-9-21-12-16(22)13-25-17-5-3-4-15(20)11-17/h3-7,10-11,16,21-22H,8-9,12-13H2,1-2H3/p+1/t16-/m1/s1. The number of benzene rings is 2. The van der Waals surface area contributed by atoms with Crippen LogP contribution in [0, 0.1) is 0 Å². The van der Waals surface area contributed by atoms with Gasteiger partial charge < -0.3 is 24.6 Å². The van der Waals surface area contributed by atoms with Crippen LogP contribution in [0.25, 0.3) is 0 Å². The smallest absolute Gasteiger partial charge is 0.160 e. The Bertz CT molecular complexity index is 666. The van der Waals surface area contributed by atoms with Gasteiger partial charge in [-0.05, 0) is 35.9 Å². The Morgan fingerprint density at radius 3 is 2.60 bits per heavy atom. The van der Waals surface area contributed by atoms with E-state index in [2.05, 4.69) is 21.2 Å². The Hall–Kier alpha value is -1.76. The second-order valence-corrected chi connectivity index (χ2v) is 6.59. The Labute approximate surface area is 157 Å². The zero-order valence-electron chi connectivity index (χ0n) is 14.6. The molecule has 136 valence electrons. The van der Waals surface area contributed by atoms with E-state index < -0.39 is 6.10 Å². The van der Waals surface area contributed by atoms with Crippen LogP contribution in [-0.2, 0) is 6.42 Å². The lowest BCUT2D eigenvalue weighted by atomic mass is 10.1. The molecular weight excluding hydrogens is 386 g/mol. The number of ether oxygens (including phenoxy) is 3. The van der Waals surface area contributed by atoms with Crippen molar-refractivity contribution >= 4 is 15.9 Å². The predicted octanol–water partition coefficient (Wildman–Crippen LogP) is 2.01. The zero-order chi connectivity index (χ0) is 18.1. The fourth-order valence-electron chi connectivity index (χ4n) is 2.43. The van der Waals surface area contributed by atoms with Crippen LogP contribution >= 0.6 is 15.9 Å². The highest BCUT2D eigenvalue weighted by molar-refractivity contribution is 9.10. The molecule has 3 N–H and O–H groups in total. The summed E-state index contributed by atoms with van der Waals surface area (Å²) in [6, 6.07) is 13.5. The van der Waals surface area contributed by atoms with Gasteiger partial charge in [-0.1, -0.05) is 28.1 Å². The largest absolute Gasteiger partial charge is 0.493 e. The van der Waals surface area contributed by atoms with E-state index in [9.17, 15) is 5.11 Å². The summed E-state index contributed by atoms with van der Waals surface area (Å²) in [5.74, 6) is 2.22. The van der Waals surface area contributed by atoms with Crippen LogP contribution < -0.4 is 19.5 Å². The number of hydrogen-bond acceptors (Lipinski definition) is 4. The molecule has 0 aliphatic carbocycles. The normalized spacial score (nSPS) is 11.8. The number of aliphatic hydroxyl groups is 1. The summed E-state index contributed by atoms with van der Waals surface area (Å²) >= 11 is 3.40. The number of quaternary nitrogens is 1. The lowest BCUT2D eigenvalue weighted by Crippen LogP contribution is -2.87. The van der Waals surface area contributed by atoms with Crippen molar-refractivity contribution < 1.29 is 24.6 Å². The summed E-state index contributed by atoms with van der Waals surface area (Å²) in [6.45, 7) is 1.76. The molecule has 2 rings (SSSR count). The molecule has 0 saturated carbocycles. The van der Waals surface area contributed by atoms with Gasteiger partial charge in [0.25, 0.3) is 0 Å². The van der Waals surface area contributed by atoms with Crippen LogP contribution in [0.2, 0.25) is 0 Å². The second-order valence-electron chi connectivity index (χ2n) is 5.67. The minimum Gasteiger partial charge on any atom is -0.493 e. The van der Waals surface area contributed by atoms with Crippen molar-refractivity contribution in [3.8, 4) is 17.2 Å². The minimum absolute atomic E-state index is 0.281. The summed E-state index contributed by atoms with van der Waals surface area (Å²) in [7, 11) is 3.26. The van der Waals surface area contributed by atoms with Crippen molar-refractivity contribution in [1.82, 2.24) is 0 Å². The summed E-state index contributed by atoms with van der Waals surface area (Å²) in [5.41, 5.74) is 1.17. The number of halogens is 1. The van der Waals surface area contributed by atoms with Crippen molar-refractivity contribution in [3.05, 3.63) is 52.5 Å². The molecule has 0 aromatic heterocycles. The van der Waals surface area contributed by atoms with Gasteiger partial charge in [0, 0.05) is 10.9 Å². The van der Waals surface area contributed by atoms with Gasteiger partial charge in [-0.25, -0.2) is 0 Å². The van der Waals surface area contributed by atoms with Gasteiger partial charge in [0.1, 0.15) is 25.0 Å². The summed E-state index contributed by atoms with van der Waals surface area (Å²) in [4.78, 5) is 0. The van der Waals surface area contributed by atoms with Gasteiger partial charge in [0.15, 0.2) is 11.5 Å². The van der Waals surface area contributed by atoms with Gasteiger partial charge in [0.2, 0.25) is 0 Å². The van der Waals surface area contributed by atoms with E-state index in [1.54, 1.807) is 14.2 Å². The first-order valence-electron chi connectivity index (χ1n) is 8.21. The number of nitrogens with two attached hydrogens (primary N) is 1. The number of rotatable bonds is 10. The van der Waals surface area contributed by atoms with Crippen LogP contribution in [0.4, 0.5) is 0 Å². The fourth-order valence-corrected chi connectivity index (χ4v) is 2.81.